The van der Waals surface area contributed by atoms with Crippen molar-refractivity contribution < 1.29 is 9.53 Å². The fourth-order valence-electron chi connectivity index (χ4n) is 2.74. The molecule has 5 heteroatoms. The third-order valence-electron chi connectivity index (χ3n) is 3.64. The zero-order chi connectivity index (χ0) is 14.8. The molecule has 0 spiro atoms. The van der Waals surface area contributed by atoms with Crippen LogP contribution >= 0.6 is 0 Å². The lowest BCUT2D eigenvalue weighted by atomic mass is 9.85. The molecule has 0 radical (unpaired) electrons. The summed E-state index contributed by atoms with van der Waals surface area (Å²) in [7, 11) is 0. The van der Waals surface area contributed by atoms with Gasteiger partial charge in [-0.25, -0.2) is 0 Å². The summed E-state index contributed by atoms with van der Waals surface area (Å²) in [5.41, 5.74) is 3.00. The maximum atomic E-state index is 11.9. The van der Waals surface area contributed by atoms with Crippen molar-refractivity contribution in [1.82, 2.24) is 10.2 Å². The number of carbonyl (C=O) groups excluding carboxylic acids is 1. The molecule has 0 saturated heterocycles. The van der Waals surface area contributed by atoms with Crippen LogP contribution in [0, 0.1) is 6.92 Å². The summed E-state index contributed by atoms with van der Waals surface area (Å²) in [5, 5.41) is 9.91. The summed E-state index contributed by atoms with van der Waals surface area (Å²) in [6, 6.07) is 7.80. The second kappa shape index (κ2) is 5.44. The van der Waals surface area contributed by atoms with Crippen LogP contribution in [0.5, 0.6) is 5.75 Å². The molecule has 0 fully saturated rings. The van der Waals surface area contributed by atoms with Crippen molar-refractivity contribution in [2.24, 2.45) is 0 Å². The number of nitrogens with zero attached hydrogens (tertiary/aromatic N) is 1. The van der Waals surface area contributed by atoms with E-state index in [-0.39, 0.29) is 11.8 Å². The Balaban J connectivity index is 2.06. The van der Waals surface area contributed by atoms with Crippen LogP contribution in [-0.2, 0) is 4.79 Å². The molecule has 0 bridgehead atoms. The van der Waals surface area contributed by atoms with E-state index in [4.69, 9.17) is 4.74 Å². The minimum Gasteiger partial charge on any atom is -0.489 e. The van der Waals surface area contributed by atoms with E-state index >= 15 is 0 Å². The molecule has 3 rings (SSSR count). The van der Waals surface area contributed by atoms with Crippen LogP contribution in [0.3, 0.4) is 0 Å². The van der Waals surface area contributed by atoms with E-state index in [1.165, 1.54) is 0 Å². The Morgan fingerprint density at radius 1 is 1.48 bits per heavy atom. The van der Waals surface area contributed by atoms with Crippen LogP contribution in [0.25, 0.3) is 0 Å². The lowest BCUT2D eigenvalue weighted by Crippen LogP contribution is -2.23. The SMILES string of the molecule is C=CCOc1ccccc1[C@H]1CC(=O)Nc2n[nH]c(C)c21. The fourth-order valence-corrected chi connectivity index (χ4v) is 2.74. The lowest BCUT2D eigenvalue weighted by Gasteiger charge is -2.24. The second-order valence-electron chi connectivity index (χ2n) is 5.05. The number of fused-ring (bicyclic) bond motifs is 1. The number of rotatable bonds is 4. The molecule has 1 amide bonds. The third-order valence-corrected chi connectivity index (χ3v) is 3.64. The standard InChI is InChI=1S/C16H17N3O2/c1-3-8-21-13-7-5-4-6-11(13)12-9-14(20)17-16-15(12)10(2)18-19-16/h3-7,12H,1,8-9H2,2H3,(H2,17,18,19,20)/t12-/m1/s1. The molecular formula is C16H17N3O2. The van der Waals surface area contributed by atoms with Crippen molar-refractivity contribution in [2.45, 2.75) is 19.3 Å². The number of hydrogen-bond donors (Lipinski definition) is 2. The summed E-state index contributed by atoms with van der Waals surface area (Å²) in [6.45, 7) is 6.07. The zero-order valence-corrected chi connectivity index (χ0v) is 11.8. The van der Waals surface area contributed by atoms with Gasteiger partial charge in [0.15, 0.2) is 5.82 Å². The number of hydrogen-bond acceptors (Lipinski definition) is 3. The van der Waals surface area contributed by atoms with Gasteiger partial charge in [0.1, 0.15) is 12.4 Å². The second-order valence-corrected chi connectivity index (χ2v) is 5.05. The van der Waals surface area contributed by atoms with Gasteiger partial charge in [0.05, 0.1) is 0 Å². The summed E-state index contributed by atoms with van der Waals surface area (Å²) in [6.07, 6.45) is 2.10. The average molecular weight is 283 g/mol. The number of amides is 1. The molecule has 2 heterocycles. The largest absolute Gasteiger partial charge is 0.489 e. The first-order valence-electron chi connectivity index (χ1n) is 6.88. The van der Waals surface area contributed by atoms with Crippen LogP contribution < -0.4 is 10.1 Å². The number of para-hydroxylation sites is 1. The Labute approximate surface area is 123 Å². The maximum absolute atomic E-state index is 11.9. The Hall–Kier alpha value is -2.56. The van der Waals surface area contributed by atoms with E-state index in [0.717, 1.165) is 22.6 Å². The van der Waals surface area contributed by atoms with Gasteiger partial charge >= 0.3 is 0 Å². The first-order valence-corrected chi connectivity index (χ1v) is 6.88. The zero-order valence-electron chi connectivity index (χ0n) is 11.8. The Morgan fingerprint density at radius 3 is 3.10 bits per heavy atom. The third kappa shape index (κ3) is 2.42. The number of carbonyl (C=O) groups is 1. The molecule has 5 nitrogen and oxygen atoms in total. The Morgan fingerprint density at radius 2 is 2.29 bits per heavy atom. The van der Waals surface area contributed by atoms with E-state index in [9.17, 15) is 4.79 Å². The van der Waals surface area contributed by atoms with Gasteiger partial charge in [-0.3, -0.25) is 9.89 Å². The molecule has 21 heavy (non-hydrogen) atoms. The number of anilines is 1. The number of aryl methyl sites for hydroxylation is 1. The molecule has 0 aliphatic carbocycles. The molecule has 1 aromatic carbocycles. The molecule has 2 N–H and O–H groups in total. The summed E-state index contributed by atoms with van der Waals surface area (Å²) in [5.74, 6) is 1.32. The van der Waals surface area contributed by atoms with Crippen molar-refractivity contribution in [1.29, 1.82) is 0 Å². The van der Waals surface area contributed by atoms with Crippen molar-refractivity contribution in [3.8, 4) is 5.75 Å². The fraction of sp³-hybridized carbons (Fsp3) is 0.250. The minimum absolute atomic E-state index is 0.0301. The van der Waals surface area contributed by atoms with Gasteiger partial charge in [0.2, 0.25) is 5.91 Å². The van der Waals surface area contributed by atoms with Gasteiger partial charge in [0.25, 0.3) is 0 Å². The average Bonchev–Trinajstić information content (AvgIpc) is 2.86. The molecule has 1 atom stereocenters. The van der Waals surface area contributed by atoms with Gasteiger partial charge in [0, 0.05) is 29.2 Å². The Bertz CT molecular complexity index is 691. The summed E-state index contributed by atoms with van der Waals surface area (Å²) >= 11 is 0. The summed E-state index contributed by atoms with van der Waals surface area (Å²) in [4.78, 5) is 11.9. The number of aromatic amines is 1. The van der Waals surface area contributed by atoms with Crippen LogP contribution in [0.2, 0.25) is 0 Å². The number of H-pyrrole nitrogens is 1. The Kier molecular flexibility index (Phi) is 3.48. The van der Waals surface area contributed by atoms with Crippen molar-refractivity contribution in [3.05, 3.63) is 53.7 Å². The van der Waals surface area contributed by atoms with Crippen molar-refractivity contribution in [2.75, 3.05) is 11.9 Å². The van der Waals surface area contributed by atoms with E-state index in [0.29, 0.717) is 18.8 Å². The van der Waals surface area contributed by atoms with Crippen LogP contribution in [0.1, 0.15) is 29.2 Å². The molecule has 2 aromatic rings. The molecular weight excluding hydrogens is 266 g/mol. The van der Waals surface area contributed by atoms with Gasteiger partial charge in [-0.05, 0) is 13.0 Å². The number of nitrogens with one attached hydrogen (secondary N) is 2. The molecule has 1 aliphatic rings. The minimum atomic E-state index is -0.0477. The topological polar surface area (TPSA) is 67.0 Å². The maximum Gasteiger partial charge on any atom is 0.226 e. The van der Waals surface area contributed by atoms with E-state index in [2.05, 4.69) is 22.1 Å². The number of benzene rings is 1. The predicted molar refractivity (Wildman–Crippen MR) is 80.5 cm³/mol. The highest BCUT2D eigenvalue weighted by molar-refractivity contribution is 5.94. The van der Waals surface area contributed by atoms with Gasteiger partial charge in [-0.15, -0.1) is 0 Å². The molecule has 1 aliphatic heterocycles. The normalized spacial score (nSPS) is 17.0. The van der Waals surface area contributed by atoms with Crippen LogP contribution in [-0.4, -0.2) is 22.7 Å². The van der Waals surface area contributed by atoms with E-state index in [1.54, 1.807) is 6.08 Å². The molecule has 0 saturated carbocycles. The van der Waals surface area contributed by atoms with Gasteiger partial charge in [-0.2, -0.15) is 5.10 Å². The molecule has 0 unspecified atom stereocenters. The summed E-state index contributed by atoms with van der Waals surface area (Å²) < 4.78 is 5.73. The van der Waals surface area contributed by atoms with Gasteiger partial charge < -0.3 is 10.1 Å². The monoisotopic (exact) mass is 283 g/mol. The quantitative estimate of drug-likeness (QED) is 0.848. The van der Waals surface area contributed by atoms with E-state index in [1.807, 2.05) is 31.2 Å². The molecule has 108 valence electrons. The first-order chi connectivity index (χ1) is 10.2. The number of aromatic nitrogens is 2. The van der Waals surface area contributed by atoms with Crippen LogP contribution in [0.15, 0.2) is 36.9 Å². The molecule has 1 aromatic heterocycles. The van der Waals surface area contributed by atoms with E-state index < -0.39 is 0 Å². The van der Waals surface area contributed by atoms with Gasteiger partial charge in [-0.1, -0.05) is 30.9 Å². The lowest BCUT2D eigenvalue weighted by molar-refractivity contribution is -0.116. The number of ether oxygens (including phenoxy) is 1. The highest BCUT2D eigenvalue weighted by Crippen LogP contribution is 2.41. The van der Waals surface area contributed by atoms with Crippen molar-refractivity contribution >= 4 is 11.7 Å². The van der Waals surface area contributed by atoms with Crippen LogP contribution in [0.4, 0.5) is 5.82 Å². The highest BCUT2D eigenvalue weighted by Gasteiger charge is 2.31. The predicted octanol–water partition coefficient (Wildman–Crippen LogP) is 2.76. The first kappa shape index (κ1) is 13.4. The highest BCUT2D eigenvalue weighted by atomic mass is 16.5. The van der Waals surface area contributed by atoms with Crippen molar-refractivity contribution in [3.63, 3.8) is 0 Å². The smallest absolute Gasteiger partial charge is 0.226 e.